The number of hydrogen-bond acceptors (Lipinski definition) is 5. The number of benzene rings is 2. The molecule has 2 aromatic heterocycles. The van der Waals surface area contributed by atoms with Gasteiger partial charge in [-0.3, -0.25) is 0 Å². The third-order valence-corrected chi connectivity index (χ3v) is 5.58. The maximum absolute atomic E-state index is 6.32. The van der Waals surface area contributed by atoms with Crippen molar-refractivity contribution in [2.45, 2.75) is 37.3 Å². The number of aryl methyl sites for hydroxylation is 2. The molecule has 0 aliphatic carbocycles. The number of H-pyrrole nitrogens is 1. The minimum Gasteiger partial charge on any atom is -0.414 e. The minimum absolute atomic E-state index is 0.327. The van der Waals surface area contributed by atoms with Gasteiger partial charge in [-0.25, -0.2) is 0 Å². The smallest absolute Gasteiger partial charge is 0.276 e. The Kier molecular flexibility index (Phi) is 5.01. The van der Waals surface area contributed by atoms with Crippen LogP contribution >= 0.6 is 11.8 Å². The predicted octanol–water partition coefficient (Wildman–Crippen LogP) is 4.70. The first-order chi connectivity index (χ1) is 13.1. The second kappa shape index (κ2) is 7.58. The number of aromatic nitrogens is 3. The average molecular weight is 379 g/mol. The fourth-order valence-corrected chi connectivity index (χ4v) is 3.98. The van der Waals surface area contributed by atoms with E-state index in [1.807, 2.05) is 18.3 Å². The van der Waals surface area contributed by atoms with Crippen LogP contribution in [0.25, 0.3) is 10.9 Å². The van der Waals surface area contributed by atoms with Crippen molar-refractivity contribution in [3.05, 3.63) is 76.8 Å². The van der Waals surface area contributed by atoms with Crippen LogP contribution in [0.15, 0.2) is 58.3 Å². The van der Waals surface area contributed by atoms with Crippen LogP contribution in [0.2, 0.25) is 0 Å². The van der Waals surface area contributed by atoms with Crippen molar-refractivity contribution in [2.75, 3.05) is 0 Å². The van der Waals surface area contributed by atoms with E-state index < -0.39 is 0 Å². The summed E-state index contributed by atoms with van der Waals surface area (Å²) in [4.78, 5) is 3.27. The van der Waals surface area contributed by atoms with Gasteiger partial charge in [0.2, 0.25) is 5.89 Å². The number of nitrogens with one attached hydrogen (secondary N) is 1. The van der Waals surface area contributed by atoms with Crippen LogP contribution in [0.1, 0.15) is 34.2 Å². The van der Waals surface area contributed by atoms with Crippen molar-refractivity contribution in [3.63, 3.8) is 0 Å². The van der Waals surface area contributed by atoms with Gasteiger partial charge < -0.3 is 15.1 Å². The van der Waals surface area contributed by atoms with E-state index in [-0.39, 0.29) is 6.04 Å². The highest BCUT2D eigenvalue weighted by Crippen LogP contribution is 2.27. The Morgan fingerprint density at radius 3 is 2.85 bits per heavy atom. The highest BCUT2D eigenvalue weighted by molar-refractivity contribution is 7.98. The Hall–Kier alpha value is -2.57. The Balaban J connectivity index is 1.43. The summed E-state index contributed by atoms with van der Waals surface area (Å²) in [6.45, 7) is 4.22. The molecule has 27 heavy (non-hydrogen) atoms. The highest BCUT2D eigenvalue weighted by atomic mass is 32.2. The fraction of sp³-hybridized carbons (Fsp3) is 0.238. The quantitative estimate of drug-likeness (QED) is 0.475. The van der Waals surface area contributed by atoms with Crippen molar-refractivity contribution >= 4 is 22.7 Å². The monoisotopic (exact) mass is 378 g/mol. The Morgan fingerprint density at radius 1 is 1.11 bits per heavy atom. The number of nitrogens with two attached hydrogens (primary N) is 1. The topological polar surface area (TPSA) is 80.7 Å². The SMILES string of the molecule is Cc1ccc(C)c(CSc2nnc([C@@H](N)Cc3c[nH]c4ccccc34)o2)c1. The molecule has 0 fully saturated rings. The first-order valence-electron chi connectivity index (χ1n) is 8.93. The number of aromatic amines is 1. The maximum Gasteiger partial charge on any atom is 0.276 e. The third-order valence-electron chi connectivity index (χ3n) is 4.71. The molecule has 0 saturated carbocycles. The summed E-state index contributed by atoms with van der Waals surface area (Å²) in [6, 6.07) is 14.3. The van der Waals surface area contributed by atoms with Crippen molar-refractivity contribution in [1.29, 1.82) is 0 Å². The molecule has 5 nitrogen and oxygen atoms in total. The number of hydrogen-bond donors (Lipinski definition) is 2. The Labute approximate surface area is 162 Å². The molecular weight excluding hydrogens is 356 g/mol. The van der Waals surface area contributed by atoms with E-state index in [4.69, 9.17) is 10.2 Å². The van der Waals surface area contributed by atoms with E-state index in [0.29, 0.717) is 17.5 Å². The van der Waals surface area contributed by atoms with Gasteiger partial charge in [-0.1, -0.05) is 53.7 Å². The molecule has 2 aromatic carbocycles. The zero-order valence-electron chi connectivity index (χ0n) is 15.4. The Morgan fingerprint density at radius 2 is 1.96 bits per heavy atom. The molecule has 4 rings (SSSR count). The minimum atomic E-state index is -0.327. The molecule has 6 heteroatoms. The van der Waals surface area contributed by atoms with Crippen LogP contribution in [0.4, 0.5) is 0 Å². The summed E-state index contributed by atoms with van der Waals surface area (Å²) in [5.74, 6) is 1.27. The Bertz CT molecular complexity index is 1070. The molecule has 1 atom stereocenters. The van der Waals surface area contributed by atoms with Gasteiger partial charge in [0.25, 0.3) is 5.22 Å². The molecule has 0 spiro atoms. The number of nitrogens with zero attached hydrogens (tertiary/aromatic N) is 2. The van der Waals surface area contributed by atoms with Gasteiger partial charge in [0.05, 0.1) is 6.04 Å². The van der Waals surface area contributed by atoms with Crippen molar-refractivity contribution < 1.29 is 4.42 Å². The van der Waals surface area contributed by atoms with E-state index in [9.17, 15) is 0 Å². The molecule has 0 radical (unpaired) electrons. The van der Waals surface area contributed by atoms with Crippen molar-refractivity contribution in [3.8, 4) is 0 Å². The van der Waals surface area contributed by atoms with E-state index in [2.05, 4.69) is 59.4 Å². The second-order valence-electron chi connectivity index (χ2n) is 6.79. The van der Waals surface area contributed by atoms with Crippen molar-refractivity contribution in [2.24, 2.45) is 5.73 Å². The van der Waals surface area contributed by atoms with E-state index in [1.54, 1.807) is 11.8 Å². The van der Waals surface area contributed by atoms with Gasteiger partial charge in [-0.15, -0.1) is 10.2 Å². The second-order valence-corrected chi connectivity index (χ2v) is 7.72. The molecule has 4 aromatic rings. The highest BCUT2D eigenvalue weighted by Gasteiger charge is 2.17. The predicted molar refractivity (Wildman–Crippen MR) is 109 cm³/mol. The zero-order chi connectivity index (χ0) is 18.8. The molecule has 0 unspecified atom stereocenters. The van der Waals surface area contributed by atoms with Crippen LogP contribution in [-0.4, -0.2) is 15.2 Å². The first-order valence-corrected chi connectivity index (χ1v) is 9.91. The molecule has 0 amide bonds. The third kappa shape index (κ3) is 3.91. The zero-order valence-corrected chi connectivity index (χ0v) is 16.2. The lowest BCUT2D eigenvalue weighted by Crippen LogP contribution is -2.13. The van der Waals surface area contributed by atoms with Gasteiger partial charge in [0, 0.05) is 22.9 Å². The van der Waals surface area contributed by atoms with E-state index >= 15 is 0 Å². The maximum atomic E-state index is 6.32. The molecular formula is C21H22N4OS. The molecule has 138 valence electrons. The lowest BCUT2D eigenvalue weighted by atomic mass is 10.1. The van der Waals surface area contributed by atoms with Crippen LogP contribution in [0.3, 0.4) is 0 Å². The summed E-state index contributed by atoms with van der Waals surface area (Å²) in [5, 5.41) is 10.0. The number of rotatable bonds is 6. The fourth-order valence-electron chi connectivity index (χ4n) is 3.15. The molecule has 3 N–H and O–H groups in total. The average Bonchev–Trinajstić information content (AvgIpc) is 3.30. The summed E-state index contributed by atoms with van der Waals surface area (Å²) < 4.78 is 5.80. The molecule has 0 aliphatic rings. The summed E-state index contributed by atoms with van der Waals surface area (Å²) in [6.07, 6.45) is 2.64. The van der Waals surface area contributed by atoms with Crippen molar-refractivity contribution in [1.82, 2.24) is 15.2 Å². The molecule has 2 heterocycles. The van der Waals surface area contributed by atoms with E-state index in [0.717, 1.165) is 16.8 Å². The van der Waals surface area contributed by atoms with E-state index in [1.165, 1.54) is 22.1 Å². The lowest BCUT2D eigenvalue weighted by Gasteiger charge is -2.06. The number of thioether (sulfide) groups is 1. The standard InChI is InChI=1S/C21H22N4OS/c1-13-7-8-14(2)16(9-13)12-27-21-25-24-20(26-21)18(22)10-15-11-23-19-6-4-3-5-17(15)19/h3-9,11,18,23H,10,12,22H2,1-2H3/t18-/m0/s1. The normalized spacial score (nSPS) is 12.6. The lowest BCUT2D eigenvalue weighted by molar-refractivity contribution is 0.385. The molecule has 0 aliphatic heterocycles. The molecule has 0 saturated heterocycles. The largest absolute Gasteiger partial charge is 0.414 e. The van der Waals surface area contributed by atoms with Crippen LogP contribution in [0.5, 0.6) is 0 Å². The van der Waals surface area contributed by atoms with Crippen LogP contribution in [0, 0.1) is 13.8 Å². The van der Waals surface area contributed by atoms with Gasteiger partial charge >= 0.3 is 0 Å². The first kappa shape index (κ1) is 17.8. The van der Waals surface area contributed by atoms with Gasteiger partial charge in [0.1, 0.15) is 0 Å². The number of fused-ring (bicyclic) bond motifs is 1. The molecule has 0 bridgehead atoms. The van der Waals surface area contributed by atoms with Gasteiger partial charge in [-0.2, -0.15) is 0 Å². The van der Waals surface area contributed by atoms with Gasteiger partial charge in [0.15, 0.2) is 0 Å². The summed E-state index contributed by atoms with van der Waals surface area (Å²) in [7, 11) is 0. The summed E-state index contributed by atoms with van der Waals surface area (Å²) in [5.41, 5.74) is 12.4. The number of para-hydroxylation sites is 1. The summed E-state index contributed by atoms with van der Waals surface area (Å²) >= 11 is 1.54. The van der Waals surface area contributed by atoms with Crippen LogP contribution < -0.4 is 5.73 Å². The van der Waals surface area contributed by atoms with Gasteiger partial charge in [-0.05, 0) is 43.0 Å². The van der Waals surface area contributed by atoms with Crippen LogP contribution in [-0.2, 0) is 12.2 Å².